The summed E-state index contributed by atoms with van der Waals surface area (Å²) in [7, 11) is 0. The van der Waals surface area contributed by atoms with Gasteiger partial charge in [0.1, 0.15) is 5.75 Å². The molecule has 0 bridgehead atoms. The highest BCUT2D eigenvalue weighted by Gasteiger charge is 2.22. The molecule has 0 amide bonds. The maximum Gasteiger partial charge on any atom is 0.308 e. The van der Waals surface area contributed by atoms with Crippen LogP contribution in [0, 0.1) is 5.92 Å². The summed E-state index contributed by atoms with van der Waals surface area (Å²) in [5.74, 6) is 0.722. The van der Waals surface area contributed by atoms with Crippen LogP contribution in [-0.2, 0) is 9.53 Å². The Morgan fingerprint density at radius 1 is 1.32 bits per heavy atom. The Hall–Kier alpha value is -1.10. The molecule has 1 saturated heterocycles. The minimum Gasteiger partial charge on any atom is -0.427 e. The van der Waals surface area contributed by atoms with Gasteiger partial charge in [-0.05, 0) is 36.5 Å². The van der Waals surface area contributed by atoms with E-state index in [2.05, 4.69) is 0 Å². The van der Waals surface area contributed by atoms with E-state index >= 15 is 0 Å². The zero-order chi connectivity index (χ0) is 13.0. The first kappa shape index (κ1) is 16.0. The monoisotopic (exact) mass is 285 g/mol. The quantitative estimate of drug-likeness (QED) is 0.684. The molecule has 4 nitrogen and oxygen atoms in total. The molecule has 0 radical (unpaired) electrons. The van der Waals surface area contributed by atoms with Crippen LogP contribution in [0.4, 0.5) is 0 Å². The number of nitrogens with two attached hydrogens (primary N) is 1. The molecule has 0 unspecified atom stereocenters. The zero-order valence-corrected chi connectivity index (χ0v) is 11.8. The van der Waals surface area contributed by atoms with Crippen LogP contribution in [0.5, 0.6) is 5.75 Å². The normalized spacial score (nSPS) is 17.4. The third-order valence-electron chi connectivity index (χ3n) is 3.30. The van der Waals surface area contributed by atoms with Crippen molar-refractivity contribution >= 4 is 18.4 Å². The average Bonchev–Trinajstić information content (AvgIpc) is 2.39. The molecule has 0 spiro atoms. The number of carbonyl (C=O) groups is 1. The van der Waals surface area contributed by atoms with Crippen molar-refractivity contribution in [1.29, 1.82) is 0 Å². The second-order valence-corrected chi connectivity index (χ2v) is 4.64. The van der Waals surface area contributed by atoms with E-state index in [4.69, 9.17) is 15.2 Å². The summed E-state index contributed by atoms with van der Waals surface area (Å²) in [6, 6.07) is 7.46. The van der Waals surface area contributed by atoms with Crippen molar-refractivity contribution in [2.75, 3.05) is 13.2 Å². The Labute approximate surface area is 119 Å². The van der Waals surface area contributed by atoms with E-state index < -0.39 is 0 Å². The molecule has 1 aliphatic heterocycles. The molecule has 2 rings (SSSR count). The molecule has 1 aliphatic rings. The highest BCUT2D eigenvalue weighted by atomic mass is 35.5. The Balaban J connectivity index is 0.00000180. The Bertz CT molecular complexity index is 402. The Kier molecular flexibility index (Phi) is 6.28. The van der Waals surface area contributed by atoms with Gasteiger partial charge in [0.25, 0.3) is 0 Å². The molecule has 0 saturated carbocycles. The van der Waals surface area contributed by atoms with Crippen LogP contribution in [0.15, 0.2) is 24.3 Å². The largest absolute Gasteiger partial charge is 0.427 e. The maximum absolute atomic E-state index is 10.8. The van der Waals surface area contributed by atoms with Crippen molar-refractivity contribution in [3.05, 3.63) is 29.8 Å². The number of rotatable bonds is 3. The SMILES string of the molecule is CC(=O)Oc1ccc([C@@H](N)C2CCOCC2)cc1.Cl. The number of ether oxygens (including phenoxy) is 2. The van der Waals surface area contributed by atoms with Gasteiger partial charge in [-0.25, -0.2) is 0 Å². The van der Waals surface area contributed by atoms with E-state index in [1.165, 1.54) is 6.92 Å². The highest BCUT2D eigenvalue weighted by Crippen LogP contribution is 2.28. The van der Waals surface area contributed by atoms with E-state index in [1.807, 2.05) is 12.1 Å². The van der Waals surface area contributed by atoms with E-state index in [1.54, 1.807) is 12.1 Å². The number of halogens is 1. The first-order valence-corrected chi connectivity index (χ1v) is 6.28. The minimum atomic E-state index is -0.309. The molecular weight excluding hydrogens is 266 g/mol. The summed E-state index contributed by atoms with van der Waals surface area (Å²) >= 11 is 0. The summed E-state index contributed by atoms with van der Waals surface area (Å²) in [5.41, 5.74) is 7.34. The van der Waals surface area contributed by atoms with Crippen LogP contribution < -0.4 is 10.5 Å². The predicted octanol–water partition coefficient (Wildman–Crippen LogP) is 2.46. The van der Waals surface area contributed by atoms with Crippen molar-refractivity contribution in [2.24, 2.45) is 11.7 Å². The second-order valence-electron chi connectivity index (χ2n) is 4.64. The molecule has 106 valence electrons. The molecule has 5 heteroatoms. The van der Waals surface area contributed by atoms with Crippen molar-refractivity contribution in [2.45, 2.75) is 25.8 Å². The summed E-state index contributed by atoms with van der Waals surface area (Å²) in [4.78, 5) is 10.8. The van der Waals surface area contributed by atoms with Crippen molar-refractivity contribution < 1.29 is 14.3 Å². The molecule has 1 aromatic carbocycles. The van der Waals surface area contributed by atoms with Crippen molar-refractivity contribution in [3.8, 4) is 5.75 Å². The van der Waals surface area contributed by atoms with Crippen LogP contribution in [0.2, 0.25) is 0 Å². The fraction of sp³-hybridized carbons (Fsp3) is 0.500. The van der Waals surface area contributed by atoms with Gasteiger partial charge in [-0.3, -0.25) is 4.79 Å². The molecule has 2 N–H and O–H groups in total. The molecule has 0 aliphatic carbocycles. The average molecular weight is 286 g/mol. The van der Waals surface area contributed by atoms with Crippen LogP contribution in [0.1, 0.15) is 31.4 Å². The van der Waals surface area contributed by atoms with Gasteiger partial charge in [-0.1, -0.05) is 12.1 Å². The van der Waals surface area contributed by atoms with E-state index in [9.17, 15) is 4.79 Å². The third-order valence-corrected chi connectivity index (χ3v) is 3.30. The summed E-state index contributed by atoms with van der Waals surface area (Å²) in [6.07, 6.45) is 2.01. The van der Waals surface area contributed by atoms with Gasteiger partial charge in [0, 0.05) is 26.2 Å². The number of benzene rings is 1. The van der Waals surface area contributed by atoms with Gasteiger partial charge >= 0.3 is 5.97 Å². The lowest BCUT2D eigenvalue weighted by molar-refractivity contribution is -0.131. The summed E-state index contributed by atoms with van der Waals surface area (Å²) in [5, 5.41) is 0. The molecular formula is C14H20ClNO3. The van der Waals surface area contributed by atoms with Crippen LogP contribution in [0.25, 0.3) is 0 Å². The smallest absolute Gasteiger partial charge is 0.308 e. The van der Waals surface area contributed by atoms with E-state index in [0.29, 0.717) is 11.7 Å². The standard InChI is InChI=1S/C14H19NO3.ClH/c1-10(16)18-13-4-2-11(3-5-13)14(15)12-6-8-17-9-7-12;/h2-5,12,14H,6-9,15H2,1H3;1H/t14-;/m1./s1. The van der Waals surface area contributed by atoms with E-state index in [-0.39, 0.29) is 24.4 Å². The first-order valence-electron chi connectivity index (χ1n) is 6.28. The van der Waals surface area contributed by atoms with E-state index in [0.717, 1.165) is 31.6 Å². The lowest BCUT2D eigenvalue weighted by Crippen LogP contribution is -2.27. The van der Waals surface area contributed by atoms with Crippen molar-refractivity contribution in [3.63, 3.8) is 0 Å². The fourth-order valence-corrected chi connectivity index (χ4v) is 2.27. The third kappa shape index (κ3) is 4.49. The predicted molar refractivity (Wildman–Crippen MR) is 75.5 cm³/mol. The number of carbonyl (C=O) groups excluding carboxylic acids is 1. The second kappa shape index (κ2) is 7.48. The minimum absolute atomic E-state index is 0. The number of hydrogen-bond donors (Lipinski definition) is 1. The molecule has 19 heavy (non-hydrogen) atoms. The molecule has 1 heterocycles. The fourth-order valence-electron chi connectivity index (χ4n) is 2.27. The Morgan fingerprint density at radius 2 is 1.89 bits per heavy atom. The summed E-state index contributed by atoms with van der Waals surface area (Å²) in [6.45, 7) is 2.98. The van der Waals surface area contributed by atoms with Crippen LogP contribution in [0.3, 0.4) is 0 Å². The Morgan fingerprint density at radius 3 is 2.42 bits per heavy atom. The highest BCUT2D eigenvalue weighted by molar-refractivity contribution is 5.85. The first-order chi connectivity index (χ1) is 8.66. The van der Waals surface area contributed by atoms with Gasteiger partial charge < -0.3 is 15.2 Å². The van der Waals surface area contributed by atoms with Crippen LogP contribution >= 0.6 is 12.4 Å². The van der Waals surface area contributed by atoms with Crippen molar-refractivity contribution in [1.82, 2.24) is 0 Å². The molecule has 1 fully saturated rings. The van der Waals surface area contributed by atoms with Gasteiger partial charge in [0.2, 0.25) is 0 Å². The molecule has 1 atom stereocenters. The molecule has 0 aromatic heterocycles. The number of hydrogen-bond acceptors (Lipinski definition) is 4. The lowest BCUT2D eigenvalue weighted by atomic mass is 9.88. The number of esters is 1. The zero-order valence-electron chi connectivity index (χ0n) is 11.0. The van der Waals surface area contributed by atoms with Gasteiger partial charge in [0.15, 0.2) is 0 Å². The maximum atomic E-state index is 10.8. The van der Waals surface area contributed by atoms with Gasteiger partial charge in [-0.2, -0.15) is 0 Å². The molecule has 1 aromatic rings. The van der Waals surface area contributed by atoms with Crippen LogP contribution in [-0.4, -0.2) is 19.2 Å². The van der Waals surface area contributed by atoms with Gasteiger partial charge in [0.05, 0.1) is 0 Å². The topological polar surface area (TPSA) is 61.5 Å². The lowest BCUT2D eigenvalue weighted by Gasteiger charge is -2.27. The van der Waals surface area contributed by atoms with Gasteiger partial charge in [-0.15, -0.1) is 12.4 Å². The summed E-state index contributed by atoms with van der Waals surface area (Å²) < 4.78 is 10.3.